The summed E-state index contributed by atoms with van der Waals surface area (Å²) in [6.07, 6.45) is 6.56. The maximum atomic E-state index is 10.1. The van der Waals surface area contributed by atoms with Crippen molar-refractivity contribution in [1.82, 2.24) is 0 Å². The number of rotatable bonds is 14. The Bertz CT molecular complexity index is 1980. The zero-order valence-electron chi connectivity index (χ0n) is 33.7. The fourth-order valence-electron chi connectivity index (χ4n) is 4.66. The highest BCUT2D eigenvalue weighted by molar-refractivity contribution is 15.0. The number of halogens is 2. The van der Waals surface area contributed by atoms with Crippen LogP contribution in [-0.2, 0) is 0 Å². The van der Waals surface area contributed by atoms with Gasteiger partial charge in [0, 0.05) is 148 Å². The molecule has 0 aliphatic rings. The number of aliphatic imine (C=N–C) groups is 4. The van der Waals surface area contributed by atoms with Crippen LogP contribution in [0.15, 0.2) is 92.8 Å². The first-order valence-corrected chi connectivity index (χ1v) is 23.7. The summed E-state index contributed by atoms with van der Waals surface area (Å²) >= 11 is 4.24. The topological polar surface area (TPSA) is 155 Å². The van der Waals surface area contributed by atoms with E-state index in [1.807, 2.05) is 90.0 Å². The Balaban J connectivity index is 0.000000370. The number of phenols is 4. The van der Waals surface area contributed by atoms with E-state index in [-0.39, 0.29) is 23.0 Å². The van der Waals surface area contributed by atoms with Crippen LogP contribution in [0.3, 0.4) is 0 Å². The second-order valence-corrected chi connectivity index (χ2v) is 14.2. The molecule has 0 unspecified atom stereocenters. The average molecular weight is 993 g/mol. The average Bonchev–Trinajstić information content (AvgIpc) is 3.15. The zero-order valence-corrected chi connectivity index (χ0v) is 38.0. The molecule has 4 aromatic carbocycles. The van der Waals surface area contributed by atoms with Gasteiger partial charge in [0.2, 0.25) is 0 Å². The fourth-order valence-corrected chi connectivity index (χ4v) is 4.66. The predicted molar refractivity (Wildman–Crippen MR) is 250 cm³/mol. The Labute approximate surface area is 354 Å². The smallest absolute Gasteiger partial charge is 0.128 e. The molecule has 0 aliphatic heterocycles. The van der Waals surface area contributed by atoms with Crippen LogP contribution in [0.5, 0.6) is 34.5 Å². The van der Waals surface area contributed by atoms with Gasteiger partial charge >= 0.3 is 0 Å². The number of anilines is 2. The van der Waals surface area contributed by atoms with Crippen LogP contribution < -0.4 is 19.3 Å². The summed E-state index contributed by atoms with van der Waals surface area (Å²) in [7, 11) is 10.8. The van der Waals surface area contributed by atoms with Gasteiger partial charge in [0.15, 0.2) is 0 Å². The van der Waals surface area contributed by atoms with Gasteiger partial charge in [0.25, 0.3) is 0 Å². The van der Waals surface area contributed by atoms with E-state index in [4.69, 9.17) is 9.47 Å². The third-order valence-electron chi connectivity index (χ3n) is 8.06. The SMILES string of the molecule is COc1ccc(C=NC(C)(C)CN=Cc2ccc(N(C)C)cc2O)c(O)c1.COc1ccc(C=NCC(C)(C)N=Cc2ccc(N(C)C)cc2O)c(O)c1.II. The number of ether oxygens (including phenoxy) is 2. The van der Waals surface area contributed by atoms with Gasteiger partial charge in [-0.25, -0.2) is 0 Å². The van der Waals surface area contributed by atoms with Crippen LogP contribution in [-0.4, -0.2) is 112 Å². The van der Waals surface area contributed by atoms with E-state index < -0.39 is 11.1 Å². The molecule has 12 nitrogen and oxygen atoms in total. The molecule has 14 heteroatoms. The van der Waals surface area contributed by atoms with Crippen LogP contribution in [0.1, 0.15) is 49.9 Å². The van der Waals surface area contributed by atoms with Crippen molar-refractivity contribution in [2.24, 2.45) is 20.0 Å². The normalized spacial score (nSPS) is 11.7. The third-order valence-corrected chi connectivity index (χ3v) is 8.06. The Hall–Kier alpha value is -4.58. The van der Waals surface area contributed by atoms with Gasteiger partial charge in [0.05, 0.1) is 38.4 Å². The Morgan fingerprint density at radius 2 is 0.821 bits per heavy atom. The third kappa shape index (κ3) is 15.9. The van der Waals surface area contributed by atoms with E-state index in [9.17, 15) is 20.4 Å². The molecular weight excluding hydrogens is 938 g/mol. The van der Waals surface area contributed by atoms with Crippen molar-refractivity contribution in [1.29, 1.82) is 0 Å². The molecule has 4 rings (SSSR count). The molecule has 0 saturated carbocycles. The number of hydrogen-bond acceptors (Lipinski definition) is 12. The summed E-state index contributed by atoms with van der Waals surface area (Å²) in [4.78, 5) is 21.7. The summed E-state index contributed by atoms with van der Waals surface area (Å²) in [5.41, 5.74) is 3.49. The maximum Gasteiger partial charge on any atom is 0.128 e. The first-order chi connectivity index (χ1) is 26.4. The molecule has 0 fully saturated rings. The van der Waals surface area contributed by atoms with E-state index >= 15 is 0 Å². The van der Waals surface area contributed by atoms with Crippen molar-refractivity contribution < 1.29 is 29.9 Å². The lowest BCUT2D eigenvalue weighted by atomic mass is 10.1. The highest BCUT2D eigenvalue weighted by atomic mass is 128. The molecule has 4 N–H and O–H groups in total. The van der Waals surface area contributed by atoms with E-state index in [0.29, 0.717) is 46.8 Å². The summed E-state index contributed by atoms with van der Waals surface area (Å²) in [6.45, 7) is 8.70. The van der Waals surface area contributed by atoms with Gasteiger partial charge in [-0.05, 0) is 76.2 Å². The highest BCUT2D eigenvalue weighted by Gasteiger charge is 2.16. The number of methoxy groups -OCH3 is 2. The molecule has 0 amide bonds. The van der Waals surface area contributed by atoms with Crippen LogP contribution >= 0.6 is 37.2 Å². The van der Waals surface area contributed by atoms with E-state index in [1.165, 1.54) is 0 Å². The summed E-state index contributed by atoms with van der Waals surface area (Å²) in [5.74, 6) is 1.79. The molecule has 0 heterocycles. The second-order valence-electron chi connectivity index (χ2n) is 14.2. The molecule has 0 spiro atoms. The van der Waals surface area contributed by atoms with Gasteiger partial charge in [-0.3, -0.25) is 20.0 Å². The number of phenolic OH excluding ortho intramolecular Hbond substituents is 4. The van der Waals surface area contributed by atoms with E-state index in [0.717, 1.165) is 11.4 Å². The molecule has 0 radical (unpaired) electrons. The van der Waals surface area contributed by atoms with Crippen LogP contribution in [0.4, 0.5) is 11.4 Å². The van der Waals surface area contributed by atoms with Crippen molar-refractivity contribution in [3.05, 3.63) is 95.1 Å². The quantitative estimate of drug-likeness (QED) is 0.0723. The number of benzene rings is 4. The van der Waals surface area contributed by atoms with Crippen molar-refractivity contribution in [2.75, 3.05) is 65.3 Å². The largest absolute Gasteiger partial charge is 0.507 e. The lowest BCUT2D eigenvalue weighted by Crippen LogP contribution is -2.21. The summed E-state index contributed by atoms with van der Waals surface area (Å²) < 4.78 is 10.1. The number of hydrogen-bond donors (Lipinski definition) is 4. The minimum atomic E-state index is -0.456. The molecule has 0 saturated heterocycles. The van der Waals surface area contributed by atoms with Gasteiger partial charge in [-0.2, -0.15) is 0 Å². The number of aromatic hydroxyl groups is 4. The highest BCUT2D eigenvalue weighted by Crippen LogP contribution is 2.26. The minimum absolute atomic E-state index is 0.114. The Kier molecular flexibility index (Phi) is 19.4. The molecule has 0 aliphatic carbocycles. The van der Waals surface area contributed by atoms with Crippen LogP contribution in [0.25, 0.3) is 0 Å². The number of nitrogens with zero attached hydrogens (tertiary/aromatic N) is 6. The van der Waals surface area contributed by atoms with Crippen molar-refractivity contribution in [3.8, 4) is 34.5 Å². The second kappa shape index (κ2) is 22.8. The van der Waals surface area contributed by atoms with Crippen molar-refractivity contribution in [3.63, 3.8) is 0 Å². The predicted octanol–water partition coefficient (Wildman–Crippen LogP) is 8.75. The minimum Gasteiger partial charge on any atom is -0.507 e. The zero-order chi connectivity index (χ0) is 42.1. The first-order valence-electron chi connectivity index (χ1n) is 17.4. The molecule has 0 atom stereocenters. The summed E-state index contributed by atoms with van der Waals surface area (Å²) in [6, 6.07) is 21.1. The molecule has 4 aromatic rings. The molecule has 56 heavy (non-hydrogen) atoms. The lowest BCUT2D eigenvalue weighted by molar-refractivity contribution is 0.407. The Morgan fingerprint density at radius 3 is 1.11 bits per heavy atom. The van der Waals surface area contributed by atoms with Gasteiger partial charge < -0.3 is 39.7 Å². The van der Waals surface area contributed by atoms with Crippen molar-refractivity contribution >= 4 is 73.5 Å². The van der Waals surface area contributed by atoms with E-state index in [1.54, 1.807) is 87.6 Å². The Morgan fingerprint density at radius 1 is 0.518 bits per heavy atom. The monoisotopic (exact) mass is 992 g/mol. The molecule has 302 valence electrons. The summed E-state index contributed by atoms with van der Waals surface area (Å²) in [5, 5.41) is 40.2. The maximum absolute atomic E-state index is 10.1. The lowest BCUT2D eigenvalue weighted by Gasteiger charge is -2.17. The van der Waals surface area contributed by atoms with Gasteiger partial charge in [-0.15, -0.1) is 0 Å². The first kappa shape index (κ1) is 47.6. The molecule has 0 aromatic heterocycles. The van der Waals surface area contributed by atoms with Crippen LogP contribution in [0.2, 0.25) is 0 Å². The van der Waals surface area contributed by atoms with Crippen LogP contribution in [0, 0.1) is 0 Å². The van der Waals surface area contributed by atoms with Crippen molar-refractivity contribution in [2.45, 2.75) is 38.8 Å². The van der Waals surface area contributed by atoms with Gasteiger partial charge in [-0.1, -0.05) is 0 Å². The molecule has 0 bridgehead atoms. The van der Waals surface area contributed by atoms with E-state index in [2.05, 4.69) is 57.2 Å². The standard InChI is InChI=1S/2C21H27N3O3.I2/c1-21(2,14-22-12-15-7-9-18(27-5)11-20(15)26)23-13-16-6-8-17(24(3)4)10-19(16)25;1-21(2,23-13-16-7-9-18(27-5)11-20(16)26)14-22-12-15-6-8-17(24(3)4)10-19(15)25;1-2/h2*6-13,25-26H,14H2,1-5H3;. The fraction of sp³-hybridized carbons (Fsp3) is 0.333. The molecular formula is C42H54I2N6O6. The van der Waals surface area contributed by atoms with Gasteiger partial charge in [0.1, 0.15) is 34.5 Å².